The van der Waals surface area contributed by atoms with Crippen LogP contribution in [0.3, 0.4) is 0 Å². The Morgan fingerprint density at radius 2 is 2.08 bits per heavy atom. The second-order valence-corrected chi connectivity index (χ2v) is 6.91. The lowest BCUT2D eigenvalue weighted by atomic mass is 9.97. The molecule has 7 nitrogen and oxygen atoms in total. The van der Waals surface area contributed by atoms with E-state index in [4.69, 9.17) is 4.52 Å². The first-order chi connectivity index (χ1) is 12.0. The number of rotatable bonds is 4. The maximum atomic E-state index is 12.7. The molecule has 0 aliphatic carbocycles. The lowest BCUT2D eigenvalue weighted by molar-refractivity contribution is 0.0689. The van der Waals surface area contributed by atoms with Crippen LogP contribution in [0, 0.1) is 5.92 Å². The molecule has 1 aliphatic rings. The van der Waals surface area contributed by atoms with E-state index in [9.17, 15) is 15.0 Å². The molecule has 1 fully saturated rings. The van der Waals surface area contributed by atoms with Gasteiger partial charge in [-0.15, -0.1) is 0 Å². The fourth-order valence-electron chi connectivity index (χ4n) is 3.15. The van der Waals surface area contributed by atoms with Crippen LogP contribution in [0.25, 0.3) is 0 Å². The molecule has 0 saturated carbocycles. The molecule has 0 spiro atoms. The number of nitrogens with zero attached hydrogens (tertiary/aromatic N) is 3. The Labute approximate surface area is 146 Å². The van der Waals surface area contributed by atoms with Crippen LogP contribution in [-0.4, -0.2) is 44.3 Å². The van der Waals surface area contributed by atoms with E-state index < -0.39 is 0 Å². The summed E-state index contributed by atoms with van der Waals surface area (Å²) in [7, 11) is 0. The summed E-state index contributed by atoms with van der Waals surface area (Å²) in [6.45, 7) is 5.18. The molecule has 2 aromatic rings. The summed E-state index contributed by atoms with van der Waals surface area (Å²) in [5, 5.41) is 23.8. The maximum absolute atomic E-state index is 12.7. The normalized spacial score (nSPS) is 17.9. The number of phenolic OH excluding ortho intramolecular Hbond substituents is 2. The van der Waals surface area contributed by atoms with Gasteiger partial charge in [-0.25, -0.2) is 0 Å². The summed E-state index contributed by atoms with van der Waals surface area (Å²) in [6.07, 6.45) is 2.41. The lowest BCUT2D eigenvalue weighted by Crippen LogP contribution is -2.39. The molecule has 1 atom stereocenters. The van der Waals surface area contributed by atoms with Gasteiger partial charge in [0, 0.05) is 19.5 Å². The summed E-state index contributed by atoms with van der Waals surface area (Å²) < 4.78 is 5.39. The number of aromatic nitrogens is 2. The van der Waals surface area contributed by atoms with Crippen molar-refractivity contribution in [2.24, 2.45) is 5.92 Å². The number of phenols is 2. The molecule has 2 N–H and O–H groups in total. The zero-order chi connectivity index (χ0) is 18.0. The van der Waals surface area contributed by atoms with E-state index in [1.807, 2.05) is 0 Å². The van der Waals surface area contributed by atoms with Gasteiger partial charge in [-0.3, -0.25) is 4.79 Å². The first kappa shape index (κ1) is 17.3. The van der Waals surface area contributed by atoms with Crippen LogP contribution in [0.5, 0.6) is 11.5 Å². The van der Waals surface area contributed by atoms with E-state index in [1.54, 1.807) is 4.90 Å². The predicted octanol–water partition coefficient (Wildman–Crippen LogP) is 2.70. The van der Waals surface area contributed by atoms with Crippen molar-refractivity contribution in [2.45, 2.75) is 39.0 Å². The Bertz CT molecular complexity index is 736. The Morgan fingerprint density at radius 1 is 1.36 bits per heavy atom. The van der Waals surface area contributed by atoms with Crippen molar-refractivity contribution in [3.05, 3.63) is 35.5 Å². The number of piperidine rings is 1. The summed E-state index contributed by atoms with van der Waals surface area (Å²) in [5.41, 5.74) is -0.0609. The van der Waals surface area contributed by atoms with Crippen LogP contribution >= 0.6 is 0 Å². The van der Waals surface area contributed by atoms with Crippen molar-refractivity contribution >= 4 is 5.91 Å². The van der Waals surface area contributed by atoms with Gasteiger partial charge in [-0.05, 0) is 30.9 Å². The third kappa shape index (κ3) is 3.75. The number of benzene rings is 1. The smallest absolute Gasteiger partial charge is 0.261 e. The van der Waals surface area contributed by atoms with Gasteiger partial charge >= 0.3 is 0 Å². The van der Waals surface area contributed by atoms with Crippen molar-refractivity contribution in [1.29, 1.82) is 0 Å². The molecule has 1 amide bonds. The van der Waals surface area contributed by atoms with E-state index in [0.717, 1.165) is 19.3 Å². The number of carbonyl (C=O) groups excluding carboxylic acids is 1. The van der Waals surface area contributed by atoms with Crippen molar-refractivity contribution in [3.8, 4) is 11.5 Å². The zero-order valence-corrected chi connectivity index (χ0v) is 14.5. The predicted molar refractivity (Wildman–Crippen MR) is 90.5 cm³/mol. The summed E-state index contributed by atoms with van der Waals surface area (Å²) in [4.78, 5) is 18.8. The zero-order valence-electron chi connectivity index (χ0n) is 14.5. The standard InChI is InChI=1S/C18H23N3O4/c1-11(2)9-15-19-17(25-20-15)12-5-4-8-21(10-12)18(24)16-13(22)6-3-7-14(16)23/h3,6-7,11-12,22-23H,4-5,8-10H2,1-2H3/t12-/m0/s1. The molecule has 3 rings (SSSR count). The topological polar surface area (TPSA) is 99.7 Å². The average Bonchev–Trinajstić information content (AvgIpc) is 3.02. The number of amides is 1. The van der Waals surface area contributed by atoms with Gasteiger partial charge in [0.1, 0.15) is 17.1 Å². The highest BCUT2D eigenvalue weighted by atomic mass is 16.5. The number of hydrogen-bond acceptors (Lipinski definition) is 6. The van der Waals surface area contributed by atoms with E-state index in [0.29, 0.717) is 30.7 Å². The number of likely N-dealkylation sites (tertiary alicyclic amines) is 1. The molecule has 1 aliphatic heterocycles. The minimum Gasteiger partial charge on any atom is -0.507 e. The molecule has 2 heterocycles. The number of hydrogen-bond donors (Lipinski definition) is 2. The van der Waals surface area contributed by atoms with Crippen molar-refractivity contribution < 1.29 is 19.5 Å². The summed E-state index contributed by atoms with van der Waals surface area (Å²) in [6, 6.07) is 4.28. The van der Waals surface area contributed by atoms with Crippen LogP contribution in [0.15, 0.2) is 22.7 Å². The van der Waals surface area contributed by atoms with Gasteiger partial charge in [-0.1, -0.05) is 25.1 Å². The van der Waals surface area contributed by atoms with Crippen molar-refractivity contribution in [1.82, 2.24) is 15.0 Å². The molecule has 1 aromatic heterocycles. The SMILES string of the molecule is CC(C)Cc1noc([C@H]2CCCN(C(=O)c3c(O)cccc3O)C2)n1. The second kappa shape index (κ2) is 7.13. The average molecular weight is 345 g/mol. The fraction of sp³-hybridized carbons (Fsp3) is 0.500. The van der Waals surface area contributed by atoms with Crippen LogP contribution < -0.4 is 0 Å². The molecule has 1 aromatic carbocycles. The first-order valence-corrected chi connectivity index (χ1v) is 8.58. The van der Waals surface area contributed by atoms with Gasteiger partial charge in [0.25, 0.3) is 5.91 Å². The van der Waals surface area contributed by atoms with Crippen LogP contribution in [0.4, 0.5) is 0 Å². The molecule has 25 heavy (non-hydrogen) atoms. The van der Waals surface area contributed by atoms with Gasteiger partial charge in [0.2, 0.25) is 5.89 Å². The first-order valence-electron chi connectivity index (χ1n) is 8.58. The Morgan fingerprint density at radius 3 is 2.76 bits per heavy atom. The third-order valence-electron chi connectivity index (χ3n) is 4.37. The molecule has 1 saturated heterocycles. The van der Waals surface area contributed by atoms with Crippen molar-refractivity contribution in [3.63, 3.8) is 0 Å². The highest BCUT2D eigenvalue weighted by molar-refractivity contribution is 5.99. The Balaban J connectivity index is 1.75. The highest BCUT2D eigenvalue weighted by Gasteiger charge is 2.31. The quantitative estimate of drug-likeness (QED) is 0.884. The largest absolute Gasteiger partial charge is 0.507 e. The second-order valence-electron chi connectivity index (χ2n) is 6.91. The minimum absolute atomic E-state index is 0.0286. The molecule has 0 radical (unpaired) electrons. The van der Waals surface area contributed by atoms with Gasteiger partial charge in [-0.2, -0.15) is 4.98 Å². The third-order valence-corrected chi connectivity index (χ3v) is 4.37. The van der Waals surface area contributed by atoms with Gasteiger partial charge < -0.3 is 19.6 Å². The summed E-state index contributed by atoms with van der Waals surface area (Å²) >= 11 is 0. The van der Waals surface area contributed by atoms with Gasteiger partial charge in [0.15, 0.2) is 5.82 Å². The Hall–Kier alpha value is -2.57. The lowest BCUT2D eigenvalue weighted by Gasteiger charge is -2.31. The van der Waals surface area contributed by atoms with E-state index in [1.165, 1.54) is 18.2 Å². The highest BCUT2D eigenvalue weighted by Crippen LogP contribution is 2.31. The molecule has 0 unspecified atom stereocenters. The summed E-state index contributed by atoms with van der Waals surface area (Å²) in [5.74, 6) is 0.829. The van der Waals surface area contributed by atoms with E-state index >= 15 is 0 Å². The van der Waals surface area contributed by atoms with E-state index in [-0.39, 0.29) is 28.9 Å². The van der Waals surface area contributed by atoms with E-state index in [2.05, 4.69) is 24.0 Å². The monoisotopic (exact) mass is 345 g/mol. The Kier molecular flexibility index (Phi) is 4.92. The minimum atomic E-state index is -0.387. The molecular formula is C18H23N3O4. The van der Waals surface area contributed by atoms with Gasteiger partial charge in [0.05, 0.1) is 5.92 Å². The molecule has 7 heteroatoms. The molecule has 134 valence electrons. The van der Waals surface area contributed by atoms with Crippen LogP contribution in [0.1, 0.15) is 54.7 Å². The molecular weight excluding hydrogens is 322 g/mol. The van der Waals surface area contributed by atoms with Crippen molar-refractivity contribution in [2.75, 3.05) is 13.1 Å². The fourth-order valence-corrected chi connectivity index (χ4v) is 3.15. The molecule has 0 bridgehead atoms. The number of aromatic hydroxyl groups is 2. The number of carbonyl (C=O) groups is 1. The van der Waals surface area contributed by atoms with Crippen LogP contribution in [0.2, 0.25) is 0 Å². The maximum Gasteiger partial charge on any atom is 0.261 e. The van der Waals surface area contributed by atoms with Crippen LogP contribution in [-0.2, 0) is 6.42 Å².